The van der Waals surface area contributed by atoms with Gasteiger partial charge in [-0.1, -0.05) is 17.7 Å². The molecule has 6 heteroatoms. The van der Waals surface area contributed by atoms with Gasteiger partial charge >= 0.3 is 0 Å². The Balaban J connectivity index is 1.71. The van der Waals surface area contributed by atoms with Crippen molar-refractivity contribution in [1.29, 1.82) is 0 Å². The number of carbonyl (C=O) groups is 2. The maximum atomic E-state index is 12.0. The molecule has 0 spiro atoms. The first kappa shape index (κ1) is 18.8. The first-order chi connectivity index (χ1) is 12.0. The van der Waals surface area contributed by atoms with Crippen molar-refractivity contribution in [2.45, 2.75) is 19.8 Å². The molecule has 0 atom stereocenters. The first-order valence-electron chi connectivity index (χ1n) is 7.98. The van der Waals surface area contributed by atoms with E-state index < -0.39 is 0 Å². The lowest BCUT2D eigenvalue weighted by Crippen LogP contribution is -2.25. The summed E-state index contributed by atoms with van der Waals surface area (Å²) < 4.78 is 5.05. The standard InChI is InChI=1S/C19H21ClN2O3/c1-13-5-8-15(12-17(13)20)22-18(23)4-3-11-21-19(24)14-6-9-16(25-2)10-7-14/h5-10,12H,3-4,11H2,1-2H3,(H,21,24)(H,22,23). The van der Waals surface area contributed by atoms with Gasteiger partial charge in [0.05, 0.1) is 7.11 Å². The van der Waals surface area contributed by atoms with Gasteiger partial charge in [-0.25, -0.2) is 0 Å². The second kappa shape index (κ2) is 9.08. The van der Waals surface area contributed by atoms with Gasteiger partial charge in [0.15, 0.2) is 0 Å². The summed E-state index contributed by atoms with van der Waals surface area (Å²) in [6.07, 6.45) is 0.863. The SMILES string of the molecule is COc1ccc(C(=O)NCCCC(=O)Nc2ccc(C)c(Cl)c2)cc1. The number of aryl methyl sites for hydroxylation is 1. The normalized spacial score (nSPS) is 10.2. The number of amides is 2. The van der Waals surface area contributed by atoms with Crippen LogP contribution >= 0.6 is 11.6 Å². The molecule has 0 fully saturated rings. The van der Waals surface area contributed by atoms with E-state index in [-0.39, 0.29) is 11.8 Å². The Hall–Kier alpha value is -2.53. The summed E-state index contributed by atoms with van der Waals surface area (Å²) in [5.41, 5.74) is 2.18. The smallest absolute Gasteiger partial charge is 0.251 e. The lowest BCUT2D eigenvalue weighted by atomic mass is 10.2. The Morgan fingerprint density at radius 2 is 1.84 bits per heavy atom. The second-order valence-corrected chi connectivity index (χ2v) is 6.01. The van der Waals surface area contributed by atoms with Gasteiger partial charge in [0, 0.05) is 29.2 Å². The van der Waals surface area contributed by atoms with Crippen LogP contribution in [-0.4, -0.2) is 25.5 Å². The third-order valence-corrected chi connectivity index (χ3v) is 4.08. The molecule has 2 rings (SSSR count). The van der Waals surface area contributed by atoms with E-state index in [1.807, 2.05) is 19.1 Å². The molecule has 2 aromatic rings. The molecule has 2 amide bonds. The number of benzene rings is 2. The van der Waals surface area contributed by atoms with Gasteiger partial charge in [0.1, 0.15) is 5.75 Å². The molecular formula is C19H21ClN2O3. The summed E-state index contributed by atoms with van der Waals surface area (Å²) in [5.74, 6) is 0.413. The van der Waals surface area contributed by atoms with Crippen molar-refractivity contribution in [2.75, 3.05) is 19.0 Å². The zero-order chi connectivity index (χ0) is 18.2. The lowest BCUT2D eigenvalue weighted by Gasteiger charge is -2.08. The van der Waals surface area contributed by atoms with Gasteiger partial charge in [-0.05, 0) is 55.3 Å². The average Bonchev–Trinajstić information content (AvgIpc) is 2.62. The Bertz CT molecular complexity index is 745. The molecule has 2 aromatic carbocycles. The molecule has 0 aromatic heterocycles. The van der Waals surface area contributed by atoms with Crippen LogP contribution in [0.15, 0.2) is 42.5 Å². The minimum Gasteiger partial charge on any atom is -0.497 e. The van der Waals surface area contributed by atoms with Crippen LogP contribution in [0.1, 0.15) is 28.8 Å². The van der Waals surface area contributed by atoms with E-state index in [4.69, 9.17) is 16.3 Å². The highest BCUT2D eigenvalue weighted by atomic mass is 35.5. The fourth-order valence-corrected chi connectivity index (χ4v) is 2.37. The van der Waals surface area contributed by atoms with Gasteiger partial charge in [-0.2, -0.15) is 0 Å². The predicted molar refractivity (Wildman–Crippen MR) is 99.4 cm³/mol. The number of hydrogen-bond donors (Lipinski definition) is 2. The number of anilines is 1. The van der Waals surface area contributed by atoms with Crippen molar-refractivity contribution < 1.29 is 14.3 Å². The molecule has 0 bridgehead atoms. The molecule has 0 aliphatic heterocycles. The third kappa shape index (κ3) is 5.80. The highest BCUT2D eigenvalue weighted by Crippen LogP contribution is 2.20. The van der Waals surface area contributed by atoms with E-state index in [9.17, 15) is 9.59 Å². The van der Waals surface area contributed by atoms with E-state index in [0.717, 1.165) is 5.56 Å². The molecule has 0 aliphatic carbocycles. The van der Waals surface area contributed by atoms with Gasteiger partial charge in [0.25, 0.3) is 5.91 Å². The highest BCUT2D eigenvalue weighted by molar-refractivity contribution is 6.31. The molecule has 0 saturated heterocycles. The Morgan fingerprint density at radius 1 is 1.12 bits per heavy atom. The maximum Gasteiger partial charge on any atom is 0.251 e. The molecule has 2 N–H and O–H groups in total. The van der Waals surface area contributed by atoms with E-state index in [2.05, 4.69) is 10.6 Å². The predicted octanol–water partition coefficient (Wildman–Crippen LogP) is 3.81. The third-order valence-electron chi connectivity index (χ3n) is 3.67. The highest BCUT2D eigenvalue weighted by Gasteiger charge is 2.07. The number of rotatable bonds is 7. The molecule has 25 heavy (non-hydrogen) atoms. The fraction of sp³-hybridized carbons (Fsp3) is 0.263. The van der Waals surface area contributed by atoms with Crippen LogP contribution in [0.5, 0.6) is 5.75 Å². The van der Waals surface area contributed by atoms with E-state index >= 15 is 0 Å². The quantitative estimate of drug-likeness (QED) is 0.738. The average molecular weight is 361 g/mol. The number of ether oxygens (including phenoxy) is 1. The van der Waals surface area contributed by atoms with E-state index in [1.54, 1.807) is 37.4 Å². The van der Waals surface area contributed by atoms with Crippen LogP contribution in [0.3, 0.4) is 0 Å². The summed E-state index contributed by atoms with van der Waals surface area (Å²) in [5, 5.41) is 6.20. The summed E-state index contributed by atoms with van der Waals surface area (Å²) in [6.45, 7) is 2.33. The molecule has 132 valence electrons. The monoisotopic (exact) mass is 360 g/mol. The molecule has 0 radical (unpaired) electrons. The fourth-order valence-electron chi connectivity index (χ4n) is 2.19. The van der Waals surface area contributed by atoms with E-state index in [1.165, 1.54) is 0 Å². The van der Waals surface area contributed by atoms with Crippen molar-refractivity contribution in [3.8, 4) is 5.75 Å². The van der Waals surface area contributed by atoms with E-state index in [0.29, 0.717) is 41.4 Å². The Kier molecular flexibility index (Phi) is 6.83. The van der Waals surface area contributed by atoms with Crippen LogP contribution in [0.2, 0.25) is 5.02 Å². The number of hydrogen-bond acceptors (Lipinski definition) is 3. The zero-order valence-corrected chi connectivity index (χ0v) is 15.0. The Labute approximate surface area is 152 Å². The number of methoxy groups -OCH3 is 1. The van der Waals surface area contributed by atoms with Gasteiger partial charge in [-0.15, -0.1) is 0 Å². The van der Waals surface area contributed by atoms with Crippen molar-refractivity contribution in [2.24, 2.45) is 0 Å². The topological polar surface area (TPSA) is 67.4 Å². The molecular weight excluding hydrogens is 340 g/mol. The molecule has 0 unspecified atom stereocenters. The second-order valence-electron chi connectivity index (χ2n) is 5.60. The summed E-state index contributed by atoms with van der Waals surface area (Å²) in [7, 11) is 1.57. The van der Waals surface area contributed by atoms with Crippen LogP contribution < -0.4 is 15.4 Å². The summed E-state index contributed by atoms with van der Waals surface area (Å²) in [4.78, 5) is 23.9. The van der Waals surface area contributed by atoms with Crippen molar-refractivity contribution in [3.63, 3.8) is 0 Å². The zero-order valence-electron chi connectivity index (χ0n) is 14.3. The maximum absolute atomic E-state index is 12.0. The minimum atomic E-state index is -0.173. The molecule has 0 saturated carbocycles. The van der Waals surface area contributed by atoms with Crippen molar-refractivity contribution >= 4 is 29.1 Å². The number of nitrogens with one attached hydrogen (secondary N) is 2. The van der Waals surface area contributed by atoms with Crippen molar-refractivity contribution in [1.82, 2.24) is 5.32 Å². The van der Waals surface area contributed by atoms with Crippen LogP contribution in [-0.2, 0) is 4.79 Å². The van der Waals surface area contributed by atoms with Crippen LogP contribution in [0.25, 0.3) is 0 Å². The van der Waals surface area contributed by atoms with Gasteiger partial charge in [-0.3, -0.25) is 9.59 Å². The minimum absolute atomic E-state index is 0.112. The molecule has 5 nitrogen and oxygen atoms in total. The first-order valence-corrected chi connectivity index (χ1v) is 8.35. The van der Waals surface area contributed by atoms with Gasteiger partial charge < -0.3 is 15.4 Å². The van der Waals surface area contributed by atoms with Crippen molar-refractivity contribution in [3.05, 3.63) is 58.6 Å². The molecule has 0 aliphatic rings. The van der Waals surface area contributed by atoms with Gasteiger partial charge in [0.2, 0.25) is 5.91 Å². The largest absolute Gasteiger partial charge is 0.497 e. The molecule has 0 heterocycles. The summed E-state index contributed by atoms with van der Waals surface area (Å²) in [6, 6.07) is 12.2. The number of halogens is 1. The number of carbonyl (C=O) groups excluding carboxylic acids is 2. The Morgan fingerprint density at radius 3 is 2.48 bits per heavy atom. The van der Waals surface area contributed by atoms with Crippen LogP contribution in [0.4, 0.5) is 5.69 Å². The summed E-state index contributed by atoms with van der Waals surface area (Å²) >= 11 is 6.03. The lowest BCUT2D eigenvalue weighted by molar-refractivity contribution is -0.116. The van der Waals surface area contributed by atoms with Crippen LogP contribution in [0, 0.1) is 6.92 Å².